The zero-order valence-electron chi connectivity index (χ0n) is 15.1. The summed E-state index contributed by atoms with van der Waals surface area (Å²) in [6.07, 6.45) is 0. The average Bonchev–Trinajstić information content (AvgIpc) is 3.27. The van der Waals surface area contributed by atoms with Crippen LogP contribution in [0.25, 0.3) is 0 Å². The van der Waals surface area contributed by atoms with Crippen LogP contribution in [0.15, 0.2) is 28.7 Å². The summed E-state index contributed by atoms with van der Waals surface area (Å²) in [5.74, 6) is 0.709. The van der Waals surface area contributed by atoms with Gasteiger partial charge in [0.2, 0.25) is 5.89 Å². The van der Waals surface area contributed by atoms with E-state index in [0.29, 0.717) is 25.0 Å². The highest BCUT2D eigenvalue weighted by Gasteiger charge is 2.50. The highest BCUT2D eigenvalue weighted by molar-refractivity contribution is 5.75. The van der Waals surface area contributed by atoms with Crippen molar-refractivity contribution in [2.75, 3.05) is 38.6 Å². The number of urea groups is 1. The number of halogens is 1. The lowest BCUT2D eigenvalue weighted by atomic mass is 9.89. The molecule has 3 heterocycles. The summed E-state index contributed by atoms with van der Waals surface area (Å²) in [6.45, 7) is 3.84. The SMILES string of the molecule is Cc1nnc(N2C[C@@H]3CN(C(=O)N(C)C)[C@@H](c4cccc(F)c4)[C@@H]3C2)o1. The molecule has 2 fully saturated rings. The van der Waals surface area contributed by atoms with Crippen LogP contribution in [0.4, 0.5) is 15.2 Å². The molecule has 1 aromatic heterocycles. The molecule has 0 N–H and O–H groups in total. The van der Waals surface area contributed by atoms with Gasteiger partial charge < -0.3 is 19.1 Å². The highest BCUT2D eigenvalue weighted by atomic mass is 19.1. The molecule has 8 heteroatoms. The smallest absolute Gasteiger partial charge is 0.320 e. The van der Waals surface area contributed by atoms with E-state index in [2.05, 4.69) is 15.1 Å². The first kappa shape index (κ1) is 16.8. The molecule has 0 spiro atoms. The Hall–Kier alpha value is -2.64. The topological polar surface area (TPSA) is 65.7 Å². The maximum Gasteiger partial charge on any atom is 0.320 e. The molecule has 0 bridgehead atoms. The first-order valence-electron chi connectivity index (χ1n) is 8.72. The van der Waals surface area contributed by atoms with Gasteiger partial charge >= 0.3 is 12.0 Å². The molecule has 2 saturated heterocycles. The maximum absolute atomic E-state index is 13.8. The number of nitrogens with zero attached hydrogens (tertiary/aromatic N) is 5. The summed E-state index contributed by atoms with van der Waals surface area (Å²) < 4.78 is 19.4. The Balaban J connectivity index is 1.65. The summed E-state index contributed by atoms with van der Waals surface area (Å²) >= 11 is 0. The predicted octanol–water partition coefficient (Wildman–Crippen LogP) is 2.31. The van der Waals surface area contributed by atoms with Gasteiger partial charge in [-0.3, -0.25) is 0 Å². The highest BCUT2D eigenvalue weighted by Crippen LogP contribution is 2.46. The fourth-order valence-corrected chi connectivity index (χ4v) is 4.19. The van der Waals surface area contributed by atoms with Crippen molar-refractivity contribution in [3.63, 3.8) is 0 Å². The summed E-state index contributed by atoms with van der Waals surface area (Å²) in [5, 5.41) is 8.01. The lowest BCUT2D eigenvalue weighted by Crippen LogP contribution is -2.41. The molecule has 4 rings (SSSR count). The third-order valence-corrected chi connectivity index (χ3v) is 5.27. The molecule has 2 aliphatic heterocycles. The monoisotopic (exact) mass is 359 g/mol. The Kier molecular flexibility index (Phi) is 4.05. The Morgan fingerprint density at radius 3 is 2.73 bits per heavy atom. The Morgan fingerprint density at radius 2 is 2.08 bits per heavy atom. The fraction of sp³-hybridized carbons (Fsp3) is 0.500. The van der Waals surface area contributed by atoms with E-state index < -0.39 is 0 Å². The van der Waals surface area contributed by atoms with Crippen molar-refractivity contribution in [1.82, 2.24) is 20.0 Å². The molecular formula is C18H22FN5O2. The molecule has 0 saturated carbocycles. The molecule has 2 amide bonds. The number of carbonyl (C=O) groups excluding carboxylic acids is 1. The molecule has 138 valence electrons. The number of aromatic nitrogens is 2. The van der Waals surface area contributed by atoms with E-state index in [1.54, 1.807) is 32.0 Å². The van der Waals surface area contributed by atoms with Crippen molar-refractivity contribution in [3.05, 3.63) is 41.5 Å². The molecule has 3 atom stereocenters. The molecule has 7 nitrogen and oxygen atoms in total. The largest absolute Gasteiger partial charge is 0.408 e. The minimum Gasteiger partial charge on any atom is -0.408 e. The molecule has 0 aliphatic carbocycles. The van der Waals surface area contributed by atoms with Crippen LogP contribution in [0.2, 0.25) is 0 Å². The van der Waals surface area contributed by atoms with Gasteiger partial charge in [0.25, 0.3) is 0 Å². The van der Waals surface area contributed by atoms with Crippen LogP contribution >= 0.6 is 0 Å². The summed E-state index contributed by atoms with van der Waals surface area (Å²) in [4.78, 5) is 18.2. The van der Waals surface area contributed by atoms with Crippen LogP contribution < -0.4 is 4.90 Å². The van der Waals surface area contributed by atoms with Gasteiger partial charge in [-0.25, -0.2) is 9.18 Å². The van der Waals surface area contributed by atoms with Gasteiger partial charge in [-0.05, 0) is 17.7 Å². The maximum atomic E-state index is 13.8. The average molecular weight is 359 g/mol. The standard InChI is InChI=1S/C18H22FN5O2/c1-11-20-21-17(26-11)23-8-13-9-24(18(25)22(2)3)16(15(13)10-23)12-5-4-6-14(19)7-12/h4-7,13,15-16H,8-10H2,1-3H3/t13-,15-,16+/m1/s1. The van der Waals surface area contributed by atoms with Crippen LogP contribution in [-0.4, -0.2) is 59.8 Å². The quantitative estimate of drug-likeness (QED) is 0.823. The van der Waals surface area contributed by atoms with E-state index in [0.717, 1.165) is 12.1 Å². The molecule has 2 aromatic rings. The second kappa shape index (κ2) is 6.26. The number of amides is 2. The normalized spacial score (nSPS) is 24.8. The van der Waals surface area contributed by atoms with E-state index in [1.165, 1.54) is 12.1 Å². The number of hydrogen-bond acceptors (Lipinski definition) is 5. The third-order valence-electron chi connectivity index (χ3n) is 5.27. The minimum atomic E-state index is -0.286. The number of anilines is 1. The lowest BCUT2D eigenvalue weighted by molar-refractivity contribution is 0.159. The number of carbonyl (C=O) groups is 1. The number of hydrogen-bond donors (Lipinski definition) is 0. The van der Waals surface area contributed by atoms with Crippen LogP contribution in [0, 0.1) is 24.6 Å². The van der Waals surface area contributed by atoms with Gasteiger partial charge in [0.1, 0.15) is 5.82 Å². The zero-order valence-corrected chi connectivity index (χ0v) is 15.1. The van der Waals surface area contributed by atoms with Crippen LogP contribution in [-0.2, 0) is 0 Å². The first-order chi connectivity index (χ1) is 12.4. The second-order valence-corrected chi connectivity index (χ2v) is 7.26. The molecular weight excluding hydrogens is 337 g/mol. The van der Waals surface area contributed by atoms with E-state index in [9.17, 15) is 9.18 Å². The molecule has 0 unspecified atom stereocenters. The van der Waals surface area contributed by atoms with Gasteiger partial charge in [0, 0.05) is 52.5 Å². The first-order valence-corrected chi connectivity index (χ1v) is 8.72. The van der Waals surface area contributed by atoms with Crippen LogP contribution in [0.5, 0.6) is 0 Å². The van der Waals surface area contributed by atoms with Gasteiger partial charge in [-0.2, -0.15) is 0 Å². The van der Waals surface area contributed by atoms with Gasteiger partial charge in [0.05, 0.1) is 6.04 Å². The summed E-state index contributed by atoms with van der Waals surface area (Å²) in [7, 11) is 3.49. The van der Waals surface area contributed by atoms with E-state index in [-0.39, 0.29) is 29.7 Å². The molecule has 1 aromatic carbocycles. The van der Waals surface area contributed by atoms with Gasteiger partial charge in [-0.15, -0.1) is 5.10 Å². The predicted molar refractivity (Wildman–Crippen MR) is 93.2 cm³/mol. The van der Waals surface area contributed by atoms with E-state index in [1.807, 2.05) is 11.0 Å². The third kappa shape index (κ3) is 2.79. The van der Waals surface area contributed by atoms with Crippen molar-refractivity contribution >= 4 is 12.0 Å². The Bertz CT molecular complexity index is 823. The second-order valence-electron chi connectivity index (χ2n) is 7.26. The van der Waals surface area contributed by atoms with E-state index in [4.69, 9.17) is 4.42 Å². The van der Waals surface area contributed by atoms with Gasteiger partial charge in [-0.1, -0.05) is 17.2 Å². The molecule has 0 radical (unpaired) electrons. The van der Waals surface area contributed by atoms with Crippen molar-refractivity contribution in [3.8, 4) is 0 Å². The van der Waals surface area contributed by atoms with Crippen molar-refractivity contribution in [1.29, 1.82) is 0 Å². The van der Waals surface area contributed by atoms with Crippen molar-refractivity contribution in [2.45, 2.75) is 13.0 Å². The lowest BCUT2D eigenvalue weighted by Gasteiger charge is -2.31. The van der Waals surface area contributed by atoms with Gasteiger partial charge in [0.15, 0.2) is 0 Å². The van der Waals surface area contributed by atoms with Crippen LogP contribution in [0.3, 0.4) is 0 Å². The fourth-order valence-electron chi connectivity index (χ4n) is 4.19. The molecule has 26 heavy (non-hydrogen) atoms. The molecule has 2 aliphatic rings. The number of rotatable bonds is 2. The minimum absolute atomic E-state index is 0.0474. The number of likely N-dealkylation sites (tertiary alicyclic amines) is 1. The van der Waals surface area contributed by atoms with Crippen molar-refractivity contribution < 1.29 is 13.6 Å². The Labute approximate surface area is 151 Å². The van der Waals surface area contributed by atoms with Crippen molar-refractivity contribution in [2.24, 2.45) is 11.8 Å². The zero-order chi connectivity index (χ0) is 18.4. The number of aryl methyl sites for hydroxylation is 1. The Morgan fingerprint density at radius 1 is 1.27 bits per heavy atom. The van der Waals surface area contributed by atoms with Crippen LogP contribution in [0.1, 0.15) is 17.5 Å². The summed E-state index contributed by atoms with van der Waals surface area (Å²) in [6, 6.07) is 6.85. The summed E-state index contributed by atoms with van der Waals surface area (Å²) in [5.41, 5.74) is 0.830. The van der Waals surface area contributed by atoms with E-state index >= 15 is 0 Å². The number of benzene rings is 1. The number of fused-ring (bicyclic) bond motifs is 1.